The van der Waals surface area contributed by atoms with Gasteiger partial charge in [0.25, 0.3) is 0 Å². The quantitative estimate of drug-likeness (QED) is 0.525. The minimum atomic E-state index is -1.01. The van der Waals surface area contributed by atoms with Crippen LogP contribution in [0, 0.1) is 0 Å². The number of carbonyl (C=O) groups excluding carboxylic acids is 1. The van der Waals surface area contributed by atoms with E-state index in [1.165, 1.54) is 0 Å². The number of rotatable bonds is 12. The standard InChI is InChI=1S/C17H36N2O5/c1-13(2)24-17(7,22-9)19-16(5,6)18-14(20)12-23-15(3,4)10-11-21-8/h13,19H,10-12H2,1-9H3,(H,18,20). The lowest BCUT2D eigenvalue weighted by Gasteiger charge is -2.39. The molecule has 2 N–H and O–H groups in total. The van der Waals surface area contributed by atoms with Crippen LogP contribution in [0.5, 0.6) is 0 Å². The van der Waals surface area contributed by atoms with Gasteiger partial charge in [-0.1, -0.05) is 0 Å². The van der Waals surface area contributed by atoms with Crippen molar-refractivity contribution in [1.29, 1.82) is 0 Å². The number of nitrogens with one attached hydrogen (secondary N) is 2. The molecule has 1 amide bonds. The molecule has 0 fully saturated rings. The van der Waals surface area contributed by atoms with Gasteiger partial charge in [0.15, 0.2) is 0 Å². The number of amides is 1. The fourth-order valence-corrected chi connectivity index (χ4v) is 2.24. The van der Waals surface area contributed by atoms with Crippen LogP contribution in [0.25, 0.3) is 0 Å². The zero-order valence-corrected chi connectivity index (χ0v) is 16.7. The maximum absolute atomic E-state index is 12.2. The Balaban J connectivity index is 4.55. The summed E-state index contributed by atoms with van der Waals surface area (Å²) in [6.45, 7) is 13.7. The Morgan fingerprint density at radius 1 is 1.08 bits per heavy atom. The van der Waals surface area contributed by atoms with Gasteiger partial charge in [-0.25, -0.2) is 5.32 Å². The first kappa shape index (κ1) is 23.3. The van der Waals surface area contributed by atoms with Crippen molar-refractivity contribution in [2.24, 2.45) is 0 Å². The first-order valence-corrected chi connectivity index (χ1v) is 8.31. The molecule has 0 aliphatic rings. The Hall–Kier alpha value is -0.730. The first-order valence-electron chi connectivity index (χ1n) is 8.31. The Bertz CT molecular complexity index is 385. The molecule has 0 bridgehead atoms. The summed E-state index contributed by atoms with van der Waals surface area (Å²) >= 11 is 0. The smallest absolute Gasteiger partial charge is 0.247 e. The maximum Gasteiger partial charge on any atom is 0.247 e. The normalized spacial score (nSPS) is 15.4. The monoisotopic (exact) mass is 348 g/mol. The average Bonchev–Trinajstić information content (AvgIpc) is 2.41. The molecule has 0 aliphatic carbocycles. The predicted octanol–water partition coefficient (Wildman–Crippen LogP) is 2.01. The Morgan fingerprint density at radius 3 is 2.12 bits per heavy atom. The second-order valence-electron chi connectivity index (χ2n) is 7.41. The number of methoxy groups -OCH3 is 2. The highest BCUT2D eigenvalue weighted by molar-refractivity contribution is 5.77. The molecule has 0 heterocycles. The lowest BCUT2D eigenvalue weighted by Crippen LogP contribution is -2.64. The van der Waals surface area contributed by atoms with E-state index in [0.29, 0.717) is 13.0 Å². The second-order valence-corrected chi connectivity index (χ2v) is 7.41. The molecule has 0 aromatic heterocycles. The molecule has 0 spiro atoms. The van der Waals surface area contributed by atoms with Crippen LogP contribution in [0.4, 0.5) is 0 Å². The third-order valence-electron chi connectivity index (χ3n) is 3.34. The van der Waals surface area contributed by atoms with Crippen LogP contribution >= 0.6 is 0 Å². The highest BCUT2D eigenvalue weighted by Crippen LogP contribution is 2.16. The van der Waals surface area contributed by atoms with Crippen LogP contribution in [0.2, 0.25) is 0 Å². The Labute approximate surface area is 146 Å². The fraction of sp³-hybridized carbons (Fsp3) is 0.941. The van der Waals surface area contributed by atoms with E-state index in [1.807, 2.05) is 41.5 Å². The number of ether oxygens (including phenoxy) is 4. The second kappa shape index (κ2) is 9.68. The van der Waals surface area contributed by atoms with Crippen molar-refractivity contribution in [3.05, 3.63) is 0 Å². The van der Waals surface area contributed by atoms with Crippen LogP contribution < -0.4 is 10.6 Å². The molecule has 0 aromatic carbocycles. The van der Waals surface area contributed by atoms with Crippen molar-refractivity contribution in [3.8, 4) is 0 Å². The molecule has 24 heavy (non-hydrogen) atoms. The van der Waals surface area contributed by atoms with Crippen LogP contribution in [-0.2, 0) is 23.7 Å². The van der Waals surface area contributed by atoms with Crippen molar-refractivity contribution >= 4 is 5.91 Å². The van der Waals surface area contributed by atoms with Crippen molar-refractivity contribution in [2.75, 3.05) is 27.4 Å². The van der Waals surface area contributed by atoms with Gasteiger partial charge in [-0.2, -0.15) is 0 Å². The number of hydrogen-bond donors (Lipinski definition) is 2. The molecule has 0 aromatic rings. The molecule has 144 valence electrons. The van der Waals surface area contributed by atoms with E-state index in [9.17, 15) is 4.79 Å². The van der Waals surface area contributed by atoms with Crippen LogP contribution in [0.3, 0.4) is 0 Å². The van der Waals surface area contributed by atoms with Gasteiger partial charge in [-0.15, -0.1) is 0 Å². The lowest BCUT2D eigenvalue weighted by atomic mass is 10.1. The Kier molecular flexibility index (Phi) is 9.38. The van der Waals surface area contributed by atoms with Gasteiger partial charge in [0, 0.05) is 27.8 Å². The molecule has 0 saturated heterocycles. The molecule has 7 heteroatoms. The SMILES string of the molecule is COCCC(C)(C)OCC(=O)NC(C)(C)NC(C)(OC)OC(C)C. The van der Waals surface area contributed by atoms with E-state index in [-0.39, 0.29) is 18.6 Å². The Morgan fingerprint density at radius 2 is 1.67 bits per heavy atom. The minimum absolute atomic E-state index is 0.0288. The van der Waals surface area contributed by atoms with E-state index >= 15 is 0 Å². The molecule has 1 atom stereocenters. The zero-order chi connectivity index (χ0) is 19.0. The third-order valence-corrected chi connectivity index (χ3v) is 3.34. The van der Waals surface area contributed by atoms with Gasteiger partial charge in [-0.05, 0) is 48.0 Å². The molecular weight excluding hydrogens is 312 g/mol. The minimum Gasteiger partial charge on any atom is -0.385 e. The summed E-state index contributed by atoms with van der Waals surface area (Å²) in [7, 11) is 3.19. The van der Waals surface area contributed by atoms with Crippen LogP contribution in [0.1, 0.15) is 54.9 Å². The first-order chi connectivity index (χ1) is 10.8. The molecule has 0 saturated carbocycles. The van der Waals surface area contributed by atoms with Crippen LogP contribution in [0.15, 0.2) is 0 Å². The average molecular weight is 348 g/mol. The van der Waals surface area contributed by atoms with Crippen molar-refractivity contribution in [3.63, 3.8) is 0 Å². The van der Waals surface area contributed by atoms with Gasteiger partial charge in [0.2, 0.25) is 11.8 Å². The van der Waals surface area contributed by atoms with E-state index < -0.39 is 17.2 Å². The highest BCUT2D eigenvalue weighted by atomic mass is 16.7. The number of hydrogen-bond acceptors (Lipinski definition) is 6. The summed E-state index contributed by atoms with van der Waals surface area (Å²) in [6.07, 6.45) is 0.682. The van der Waals surface area contributed by atoms with Gasteiger partial charge >= 0.3 is 0 Å². The third kappa shape index (κ3) is 10.2. The largest absolute Gasteiger partial charge is 0.385 e. The van der Waals surface area contributed by atoms with Gasteiger partial charge < -0.3 is 24.3 Å². The van der Waals surface area contributed by atoms with Crippen molar-refractivity contribution in [2.45, 2.75) is 78.2 Å². The van der Waals surface area contributed by atoms with Gasteiger partial charge in [0.05, 0.1) is 17.4 Å². The number of carbonyl (C=O) groups is 1. The maximum atomic E-state index is 12.2. The van der Waals surface area contributed by atoms with Crippen molar-refractivity contribution in [1.82, 2.24) is 10.6 Å². The molecular formula is C17H36N2O5. The van der Waals surface area contributed by atoms with Gasteiger partial charge in [0.1, 0.15) is 6.61 Å². The lowest BCUT2D eigenvalue weighted by molar-refractivity contribution is -0.258. The summed E-state index contributed by atoms with van der Waals surface area (Å²) in [4.78, 5) is 12.2. The van der Waals surface area contributed by atoms with Crippen LogP contribution in [-0.4, -0.2) is 56.6 Å². The molecule has 0 aliphatic heterocycles. The summed E-state index contributed by atoms with van der Waals surface area (Å²) in [5.41, 5.74) is -1.16. The van der Waals surface area contributed by atoms with Crippen molar-refractivity contribution < 1.29 is 23.7 Å². The predicted molar refractivity (Wildman–Crippen MR) is 93.5 cm³/mol. The van der Waals surface area contributed by atoms with E-state index in [0.717, 1.165) is 0 Å². The molecule has 1 unspecified atom stereocenters. The summed E-state index contributed by atoms with van der Waals surface area (Å²) in [6, 6.07) is 0. The summed E-state index contributed by atoms with van der Waals surface area (Å²) in [5, 5.41) is 6.04. The molecule has 0 radical (unpaired) electrons. The molecule has 7 nitrogen and oxygen atoms in total. The summed E-state index contributed by atoms with van der Waals surface area (Å²) < 4.78 is 21.9. The van der Waals surface area contributed by atoms with E-state index in [1.54, 1.807) is 21.1 Å². The van der Waals surface area contributed by atoms with E-state index in [2.05, 4.69) is 10.6 Å². The zero-order valence-electron chi connectivity index (χ0n) is 16.7. The summed E-state index contributed by atoms with van der Waals surface area (Å²) in [5.74, 6) is -1.23. The topological polar surface area (TPSA) is 78.1 Å². The van der Waals surface area contributed by atoms with E-state index in [4.69, 9.17) is 18.9 Å². The highest BCUT2D eigenvalue weighted by Gasteiger charge is 2.34. The molecule has 0 rings (SSSR count). The fourth-order valence-electron chi connectivity index (χ4n) is 2.24. The van der Waals surface area contributed by atoms with Gasteiger partial charge in [-0.3, -0.25) is 4.79 Å².